The second-order valence-electron chi connectivity index (χ2n) is 6.98. The molecule has 7 nitrogen and oxygen atoms in total. The molecule has 154 valence electrons. The Bertz CT molecular complexity index is 1380. The molecule has 1 N–H and O–H groups in total. The van der Waals surface area contributed by atoms with E-state index in [-0.39, 0.29) is 18.3 Å². The molecular weight excluding hydrogens is 401 g/mol. The van der Waals surface area contributed by atoms with Gasteiger partial charge in [-0.1, -0.05) is 5.16 Å². The van der Waals surface area contributed by atoms with Crippen molar-refractivity contribution in [2.75, 3.05) is 0 Å². The Morgan fingerprint density at radius 3 is 2.71 bits per heavy atom. The van der Waals surface area contributed by atoms with Crippen LogP contribution in [0.4, 0.5) is 4.39 Å². The van der Waals surface area contributed by atoms with E-state index in [4.69, 9.17) is 13.4 Å². The fourth-order valence-electron chi connectivity index (χ4n) is 3.22. The highest BCUT2D eigenvalue weighted by atomic mass is 19.1. The first-order valence-corrected chi connectivity index (χ1v) is 9.51. The molecule has 0 radical (unpaired) electrons. The van der Waals surface area contributed by atoms with Crippen molar-refractivity contribution >= 4 is 16.9 Å². The summed E-state index contributed by atoms with van der Waals surface area (Å²) in [6.45, 7) is 2.13. The summed E-state index contributed by atoms with van der Waals surface area (Å²) >= 11 is 0. The van der Waals surface area contributed by atoms with Gasteiger partial charge >= 0.3 is 0 Å². The molecule has 31 heavy (non-hydrogen) atoms. The second-order valence-corrected chi connectivity index (χ2v) is 6.98. The monoisotopic (exact) mass is 417 g/mol. The van der Waals surface area contributed by atoms with Crippen LogP contribution in [0.25, 0.3) is 33.8 Å². The maximum Gasteiger partial charge on any atom is 0.251 e. The van der Waals surface area contributed by atoms with Gasteiger partial charge in [-0.05, 0) is 61.5 Å². The van der Waals surface area contributed by atoms with Crippen molar-refractivity contribution in [3.8, 4) is 22.8 Å². The van der Waals surface area contributed by atoms with E-state index < -0.39 is 0 Å². The number of rotatable bonds is 5. The highest BCUT2D eigenvalue weighted by molar-refractivity contribution is 6.00. The average molecular weight is 417 g/mol. The standard InChI is InChI=1S/C23H16FN3O4/c1-13-2-8-17(30-13)11-25-22(28)15-5-9-20-18(10-15)21(27-31-20)19-12-29-23(26-19)14-3-6-16(24)7-4-14/h2-10,12H,11H2,1H3,(H,25,28). The fourth-order valence-corrected chi connectivity index (χ4v) is 3.22. The summed E-state index contributed by atoms with van der Waals surface area (Å²) < 4.78 is 29.5. The minimum absolute atomic E-state index is 0.254. The van der Waals surface area contributed by atoms with Crippen molar-refractivity contribution in [1.29, 1.82) is 0 Å². The molecule has 3 heterocycles. The quantitative estimate of drug-likeness (QED) is 0.427. The topological polar surface area (TPSA) is 94.3 Å². The Morgan fingerprint density at radius 2 is 1.94 bits per heavy atom. The van der Waals surface area contributed by atoms with Gasteiger partial charge in [-0.25, -0.2) is 9.37 Å². The van der Waals surface area contributed by atoms with Crippen LogP contribution in [0.2, 0.25) is 0 Å². The second kappa shape index (κ2) is 7.56. The molecule has 5 aromatic rings. The number of fused-ring (bicyclic) bond motifs is 1. The molecule has 0 atom stereocenters. The molecule has 5 rings (SSSR count). The Kier molecular flexibility index (Phi) is 4.59. The van der Waals surface area contributed by atoms with E-state index in [1.807, 2.05) is 19.1 Å². The number of carbonyl (C=O) groups excluding carboxylic acids is 1. The van der Waals surface area contributed by atoms with E-state index in [9.17, 15) is 9.18 Å². The van der Waals surface area contributed by atoms with Gasteiger partial charge in [-0.15, -0.1) is 0 Å². The van der Waals surface area contributed by atoms with Crippen LogP contribution >= 0.6 is 0 Å². The first-order valence-electron chi connectivity index (χ1n) is 9.51. The van der Waals surface area contributed by atoms with Crippen molar-refractivity contribution < 1.29 is 22.5 Å². The molecule has 0 saturated heterocycles. The maximum absolute atomic E-state index is 13.1. The van der Waals surface area contributed by atoms with E-state index in [0.29, 0.717) is 45.1 Å². The minimum atomic E-state index is -0.342. The van der Waals surface area contributed by atoms with Crippen LogP contribution < -0.4 is 5.32 Å². The fraction of sp³-hybridized carbons (Fsp3) is 0.0870. The highest BCUT2D eigenvalue weighted by Crippen LogP contribution is 2.30. The molecule has 0 aliphatic heterocycles. The zero-order chi connectivity index (χ0) is 21.4. The van der Waals surface area contributed by atoms with Crippen molar-refractivity contribution in [2.45, 2.75) is 13.5 Å². The largest absolute Gasteiger partial charge is 0.465 e. The van der Waals surface area contributed by atoms with Gasteiger partial charge in [-0.3, -0.25) is 4.79 Å². The Labute approximate surface area is 175 Å². The summed E-state index contributed by atoms with van der Waals surface area (Å²) in [4.78, 5) is 17.0. The van der Waals surface area contributed by atoms with Crippen LogP contribution in [0.5, 0.6) is 0 Å². The van der Waals surface area contributed by atoms with E-state index in [1.54, 1.807) is 30.3 Å². The summed E-state index contributed by atoms with van der Waals surface area (Å²) in [5.41, 5.74) is 2.49. The molecule has 0 fully saturated rings. The Morgan fingerprint density at radius 1 is 1.10 bits per heavy atom. The van der Waals surface area contributed by atoms with Gasteiger partial charge < -0.3 is 18.7 Å². The lowest BCUT2D eigenvalue weighted by atomic mass is 10.1. The van der Waals surface area contributed by atoms with Crippen LogP contribution in [0.3, 0.4) is 0 Å². The SMILES string of the molecule is Cc1ccc(CNC(=O)c2ccc3onc(-c4coc(-c5ccc(F)cc5)n4)c3c2)o1. The van der Waals surface area contributed by atoms with Crippen LogP contribution in [0, 0.1) is 12.7 Å². The van der Waals surface area contributed by atoms with Crippen molar-refractivity contribution in [3.63, 3.8) is 0 Å². The van der Waals surface area contributed by atoms with E-state index in [0.717, 1.165) is 5.76 Å². The van der Waals surface area contributed by atoms with Crippen LogP contribution in [0.15, 0.2) is 74.2 Å². The van der Waals surface area contributed by atoms with E-state index in [1.165, 1.54) is 18.4 Å². The van der Waals surface area contributed by atoms with Crippen molar-refractivity contribution in [3.05, 3.63) is 83.8 Å². The van der Waals surface area contributed by atoms with Gasteiger partial charge in [0.25, 0.3) is 5.91 Å². The number of hydrogen-bond acceptors (Lipinski definition) is 6. The lowest BCUT2D eigenvalue weighted by Gasteiger charge is -2.03. The van der Waals surface area contributed by atoms with Gasteiger partial charge in [0, 0.05) is 11.1 Å². The summed E-state index contributed by atoms with van der Waals surface area (Å²) in [7, 11) is 0. The Hall–Kier alpha value is -4.20. The smallest absolute Gasteiger partial charge is 0.251 e. The van der Waals surface area contributed by atoms with Crippen LogP contribution in [-0.4, -0.2) is 16.0 Å². The van der Waals surface area contributed by atoms with Gasteiger partial charge in [0.1, 0.15) is 35.0 Å². The number of halogens is 1. The number of hydrogen-bond donors (Lipinski definition) is 1. The molecule has 0 bridgehead atoms. The normalized spacial score (nSPS) is 11.2. The third-order valence-electron chi connectivity index (χ3n) is 4.79. The van der Waals surface area contributed by atoms with E-state index >= 15 is 0 Å². The molecule has 2 aromatic carbocycles. The van der Waals surface area contributed by atoms with Crippen LogP contribution in [-0.2, 0) is 6.54 Å². The predicted molar refractivity (Wildman–Crippen MR) is 110 cm³/mol. The molecule has 8 heteroatoms. The molecule has 0 unspecified atom stereocenters. The molecule has 0 spiro atoms. The third-order valence-corrected chi connectivity index (χ3v) is 4.79. The maximum atomic E-state index is 13.1. The number of nitrogens with zero attached hydrogens (tertiary/aromatic N) is 2. The number of nitrogens with one attached hydrogen (secondary N) is 1. The number of amides is 1. The first kappa shape index (κ1) is 18.8. The number of oxazole rings is 1. The molecule has 0 aliphatic carbocycles. The summed E-state index contributed by atoms with van der Waals surface area (Å²) in [6, 6.07) is 14.5. The number of benzene rings is 2. The highest BCUT2D eigenvalue weighted by Gasteiger charge is 2.18. The van der Waals surface area contributed by atoms with Gasteiger partial charge in [0.15, 0.2) is 5.58 Å². The number of aromatic nitrogens is 2. The zero-order valence-corrected chi connectivity index (χ0v) is 16.4. The van der Waals surface area contributed by atoms with Gasteiger partial charge in [0.05, 0.1) is 11.9 Å². The first-order chi connectivity index (χ1) is 15.1. The summed E-state index contributed by atoms with van der Waals surface area (Å²) in [6.07, 6.45) is 1.45. The van der Waals surface area contributed by atoms with Gasteiger partial charge in [0.2, 0.25) is 5.89 Å². The number of furan rings is 1. The zero-order valence-electron chi connectivity index (χ0n) is 16.4. The summed E-state index contributed by atoms with van der Waals surface area (Å²) in [5, 5.41) is 7.53. The van der Waals surface area contributed by atoms with Crippen LogP contribution in [0.1, 0.15) is 21.9 Å². The summed E-state index contributed by atoms with van der Waals surface area (Å²) in [5.74, 6) is 1.19. The molecule has 1 amide bonds. The lowest BCUT2D eigenvalue weighted by Crippen LogP contribution is -2.22. The third kappa shape index (κ3) is 3.71. The molecule has 0 aliphatic rings. The number of aryl methyl sites for hydroxylation is 1. The number of carbonyl (C=O) groups is 1. The lowest BCUT2D eigenvalue weighted by molar-refractivity contribution is 0.0948. The molecular formula is C23H16FN3O4. The molecule has 0 saturated carbocycles. The van der Waals surface area contributed by atoms with Crippen molar-refractivity contribution in [2.24, 2.45) is 0 Å². The Balaban J connectivity index is 1.41. The average Bonchev–Trinajstić information content (AvgIpc) is 3.51. The van der Waals surface area contributed by atoms with Crippen molar-refractivity contribution in [1.82, 2.24) is 15.5 Å². The van der Waals surface area contributed by atoms with Gasteiger partial charge in [-0.2, -0.15) is 0 Å². The predicted octanol–water partition coefficient (Wildman–Crippen LogP) is 5.12. The molecule has 3 aromatic heterocycles. The minimum Gasteiger partial charge on any atom is -0.465 e. The van der Waals surface area contributed by atoms with E-state index in [2.05, 4.69) is 15.5 Å².